The largest absolute Gasteiger partial charge is 0.358 e. The third-order valence-electron chi connectivity index (χ3n) is 2.29. The molecule has 2 aromatic rings. The summed E-state index contributed by atoms with van der Waals surface area (Å²) in [6.07, 6.45) is 0. The van der Waals surface area contributed by atoms with Gasteiger partial charge in [0.05, 0.1) is 10.2 Å². The Hall–Kier alpha value is -0.450. The number of nitrogens with one attached hydrogen (secondary N) is 1. The van der Waals surface area contributed by atoms with E-state index in [4.69, 9.17) is 11.6 Å². The van der Waals surface area contributed by atoms with Crippen LogP contribution in [-0.2, 0) is 0 Å². The first-order valence-corrected chi connectivity index (χ1v) is 7.94. The number of hydrogen-bond acceptors (Lipinski definition) is 4. The van der Waals surface area contributed by atoms with Crippen LogP contribution >= 0.6 is 34.7 Å². The van der Waals surface area contributed by atoms with E-state index in [2.05, 4.69) is 24.1 Å². The van der Waals surface area contributed by atoms with Crippen molar-refractivity contribution in [3.8, 4) is 0 Å². The van der Waals surface area contributed by atoms with Crippen molar-refractivity contribution >= 4 is 50.0 Å². The highest BCUT2D eigenvalue weighted by Gasteiger charge is 2.07. The summed E-state index contributed by atoms with van der Waals surface area (Å²) in [5, 5.41) is 5.15. The quantitative estimate of drug-likeness (QED) is 0.876. The van der Waals surface area contributed by atoms with Crippen LogP contribution in [0.15, 0.2) is 18.2 Å². The Balaban J connectivity index is 2.08. The van der Waals surface area contributed by atoms with Crippen LogP contribution < -0.4 is 5.32 Å². The van der Waals surface area contributed by atoms with Gasteiger partial charge in [-0.2, -0.15) is 11.8 Å². The molecule has 1 atom stereocenters. The molecule has 0 saturated heterocycles. The summed E-state index contributed by atoms with van der Waals surface area (Å²) in [6, 6.07) is 6.27. The van der Waals surface area contributed by atoms with E-state index < -0.39 is 0 Å². The average Bonchev–Trinajstić information content (AvgIpc) is 2.67. The van der Waals surface area contributed by atoms with Gasteiger partial charge in [0.1, 0.15) is 0 Å². The number of halogens is 1. The molecule has 92 valence electrons. The molecule has 0 radical (unpaired) electrons. The Kier molecular flexibility index (Phi) is 4.54. The first-order valence-electron chi connectivity index (χ1n) is 5.59. The second-order valence-corrected chi connectivity index (χ2v) is 6.62. The molecule has 0 amide bonds. The van der Waals surface area contributed by atoms with Crippen molar-refractivity contribution in [3.05, 3.63) is 23.2 Å². The summed E-state index contributed by atoms with van der Waals surface area (Å²) in [5.41, 5.74) is 0.973. The van der Waals surface area contributed by atoms with Crippen molar-refractivity contribution in [1.29, 1.82) is 0 Å². The number of aromatic nitrogens is 1. The van der Waals surface area contributed by atoms with Crippen LogP contribution in [0.1, 0.15) is 13.8 Å². The lowest BCUT2D eigenvalue weighted by Crippen LogP contribution is -2.17. The van der Waals surface area contributed by atoms with E-state index >= 15 is 0 Å². The van der Waals surface area contributed by atoms with Gasteiger partial charge in [-0.15, -0.1) is 0 Å². The van der Waals surface area contributed by atoms with Gasteiger partial charge in [0.25, 0.3) is 0 Å². The molecular formula is C12H15ClN2S2. The van der Waals surface area contributed by atoms with Crippen molar-refractivity contribution in [3.63, 3.8) is 0 Å². The van der Waals surface area contributed by atoms with Gasteiger partial charge in [0.2, 0.25) is 0 Å². The van der Waals surface area contributed by atoms with E-state index in [-0.39, 0.29) is 0 Å². The Morgan fingerprint density at radius 3 is 3.12 bits per heavy atom. The molecule has 2 rings (SSSR count). The second kappa shape index (κ2) is 5.94. The lowest BCUT2D eigenvalue weighted by atomic mass is 10.3. The summed E-state index contributed by atoms with van der Waals surface area (Å²) in [4.78, 5) is 4.54. The maximum atomic E-state index is 5.94. The molecule has 0 aliphatic carbocycles. The third kappa shape index (κ3) is 3.50. The molecular weight excluding hydrogens is 272 g/mol. The predicted molar refractivity (Wildman–Crippen MR) is 80.7 cm³/mol. The molecule has 1 N–H and O–H groups in total. The van der Waals surface area contributed by atoms with Gasteiger partial charge in [-0.25, -0.2) is 4.98 Å². The number of thioether (sulfide) groups is 1. The van der Waals surface area contributed by atoms with Crippen LogP contribution in [0.3, 0.4) is 0 Å². The summed E-state index contributed by atoms with van der Waals surface area (Å²) in [7, 11) is 0. The number of thiazole rings is 1. The number of anilines is 1. The minimum Gasteiger partial charge on any atom is -0.358 e. The third-order valence-corrected chi connectivity index (χ3v) is 4.64. The molecule has 1 aromatic heterocycles. The first kappa shape index (κ1) is 13.0. The van der Waals surface area contributed by atoms with Gasteiger partial charge >= 0.3 is 0 Å². The minimum atomic E-state index is 0.441. The summed E-state index contributed by atoms with van der Waals surface area (Å²) >= 11 is 9.56. The average molecular weight is 287 g/mol. The molecule has 0 bridgehead atoms. The van der Waals surface area contributed by atoms with Crippen LogP contribution in [0, 0.1) is 0 Å². The summed E-state index contributed by atoms with van der Waals surface area (Å²) < 4.78 is 1.17. The Morgan fingerprint density at radius 1 is 1.53 bits per heavy atom. The molecule has 1 heterocycles. The molecule has 0 saturated carbocycles. The lowest BCUT2D eigenvalue weighted by molar-refractivity contribution is 0.911. The molecule has 0 aliphatic heterocycles. The molecule has 0 spiro atoms. The van der Waals surface area contributed by atoms with E-state index in [0.717, 1.165) is 27.2 Å². The van der Waals surface area contributed by atoms with E-state index in [0.29, 0.717) is 6.04 Å². The van der Waals surface area contributed by atoms with Gasteiger partial charge < -0.3 is 5.32 Å². The van der Waals surface area contributed by atoms with E-state index in [1.165, 1.54) is 4.70 Å². The highest BCUT2D eigenvalue weighted by molar-refractivity contribution is 7.99. The number of rotatable bonds is 5. The van der Waals surface area contributed by atoms with Gasteiger partial charge in [0.15, 0.2) is 5.13 Å². The maximum Gasteiger partial charge on any atom is 0.184 e. The van der Waals surface area contributed by atoms with Crippen molar-refractivity contribution in [2.24, 2.45) is 0 Å². The molecule has 5 heteroatoms. The SMILES string of the molecule is CCSCC(C)Nc1nc2cc(Cl)ccc2s1. The fraction of sp³-hybridized carbons (Fsp3) is 0.417. The Morgan fingerprint density at radius 2 is 2.35 bits per heavy atom. The molecule has 2 nitrogen and oxygen atoms in total. The molecule has 0 fully saturated rings. The van der Waals surface area contributed by atoms with Crippen molar-refractivity contribution in [2.75, 3.05) is 16.8 Å². The van der Waals surface area contributed by atoms with E-state index in [1.807, 2.05) is 30.0 Å². The van der Waals surface area contributed by atoms with E-state index in [1.54, 1.807) is 11.3 Å². The van der Waals surface area contributed by atoms with Gasteiger partial charge in [-0.3, -0.25) is 0 Å². The van der Waals surface area contributed by atoms with Crippen LogP contribution in [0.2, 0.25) is 5.02 Å². The molecule has 17 heavy (non-hydrogen) atoms. The smallest absolute Gasteiger partial charge is 0.184 e. The topological polar surface area (TPSA) is 24.9 Å². The zero-order valence-corrected chi connectivity index (χ0v) is 12.3. The molecule has 1 unspecified atom stereocenters. The normalized spacial score (nSPS) is 12.9. The Labute approximate surface area is 115 Å². The fourth-order valence-electron chi connectivity index (χ4n) is 1.51. The summed E-state index contributed by atoms with van der Waals surface area (Å²) in [5.74, 6) is 2.26. The zero-order valence-electron chi connectivity index (χ0n) is 9.87. The highest BCUT2D eigenvalue weighted by Crippen LogP contribution is 2.28. The standard InChI is InChI=1S/C12H15ClN2S2/c1-3-16-7-8(2)14-12-15-10-6-9(13)4-5-11(10)17-12/h4-6,8H,3,7H2,1-2H3,(H,14,15). The lowest BCUT2D eigenvalue weighted by Gasteiger charge is -2.11. The highest BCUT2D eigenvalue weighted by atomic mass is 35.5. The van der Waals surface area contributed by atoms with Crippen LogP contribution in [0.4, 0.5) is 5.13 Å². The first-order chi connectivity index (χ1) is 8.19. The zero-order chi connectivity index (χ0) is 12.3. The van der Waals surface area contributed by atoms with Crippen LogP contribution in [-0.4, -0.2) is 22.5 Å². The van der Waals surface area contributed by atoms with Crippen molar-refractivity contribution in [2.45, 2.75) is 19.9 Å². The maximum absolute atomic E-state index is 5.94. The fourth-order valence-corrected chi connectivity index (χ4v) is 3.31. The van der Waals surface area contributed by atoms with Gasteiger partial charge in [-0.05, 0) is 30.9 Å². The molecule has 0 aliphatic rings. The Bertz CT molecular complexity index is 498. The number of fused-ring (bicyclic) bond motifs is 1. The van der Waals surface area contributed by atoms with Crippen molar-refractivity contribution in [1.82, 2.24) is 4.98 Å². The summed E-state index contributed by atoms with van der Waals surface area (Å²) in [6.45, 7) is 4.36. The monoisotopic (exact) mass is 286 g/mol. The molecule has 1 aromatic carbocycles. The van der Waals surface area contributed by atoms with Crippen LogP contribution in [0.25, 0.3) is 10.2 Å². The van der Waals surface area contributed by atoms with Gasteiger partial charge in [0, 0.05) is 16.8 Å². The van der Waals surface area contributed by atoms with Crippen LogP contribution in [0.5, 0.6) is 0 Å². The number of nitrogens with zero attached hydrogens (tertiary/aromatic N) is 1. The van der Waals surface area contributed by atoms with Gasteiger partial charge in [-0.1, -0.05) is 29.9 Å². The van der Waals surface area contributed by atoms with E-state index in [9.17, 15) is 0 Å². The number of hydrogen-bond donors (Lipinski definition) is 1. The minimum absolute atomic E-state index is 0.441. The number of benzene rings is 1. The predicted octanol–water partition coefficient (Wildman–Crippen LogP) is 4.50. The second-order valence-electron chi connectivity index (χ2n) is 3.84. The van der Waals surface area contributed by atoms with Crippen molar-refractivity contribution < 1.29 is 0 Å².